The highest BCUT2D eigenvalue weighted by molar-refractivity contribution is 7.73. The molecule has 0 aliphatic carbocycles. The van der Waals surface area contributed by atoms with Crippen LogP contribution in [-0.2, 0) is 11.3 Å². The molecule has 2 aromatic carbocycles. The van der Waals surface area contributed by atoms with E-state index in [0.717, 1.165) is 16.0 Å². The van der Waals surface area contributed by atoms with E-state index >= 15 is 0 Å². The maximum atomic E-state index is 12.7. The molecule has 4 rings (SSSR count). The van der Waals surface area contributed by atoms with Crippen molar-refractivity contribution in [3.05, 3.63) is 79.6 Å². The molecule has 1 aromatic heterocycles. The summed E-state index contributed by atoms with van der Waals surface area (Å²) in [5.41, 5.74) is 1.97. The number of anilines is 1. The Morgan fingerprint density at radius 3 is 2.56 bits per heavy atom. The second-order valence-electron chi connectivity index (χ2n) is 6.28. The van der Waals surface area contributed by atoms with Gasteiger partial charge in [0, 0.05) is 10.9 Å². The number of nitriles is 1. The van der Waals surface area contributed by atoms with Crippen LogP contribution in [0.15, 0.2) is 54.6 Å². The number of amides is 1. The number of aromatic nitrogens is 1. The van der Waals surface area contributed by atoms with E-state index in [-0.39, 0.29) is 11.8 Å². The van der Waals surface area contributed by atoms with Gasteiger partial charge in [-0.25, -0.2) is 0 Å². The molecule has 27 heavy (non-hydrogen) atoms. The zero-order valence-electron chi connectivity index (χ0n) is 14.1. The van der Waals surface area contributed by atoms with E-state index in [1.54, 1.807) is 12.1 Å². The maximum absolute atomic E-state index is 12.7. The fourth-order valence-electron chi connectivity index (χ4n) is 3.32. The van der Waals surface area contributed by atoms with Crippen molar-refractivity contribution in [1.82, 2.24) is 4.57 Å². The lowest BCUT2D eigenvalue weighted by molar-refractivity contribution is -0.119. The van der Waals surface area contributed by atoms with Crippen LogP contribution in [-0.4, -0.2) is 10.5 Å². The SMILES string of the molecule is N#CC1C(=O)Nc2c(sc(=S)n2Cc2ccccc2)C1c1ccc(Cl)cc1. The zero-order chi connectivity index (χ0) is 19.0. The van der Waals surface area contributed by atoms with E-state index in [1.165, 1.54) is 11.3 Å². The Morgan fingerprint density at radius 1 is 1.19 bits per heavy atom. The minimum atomic E-state index is -0.808. The molecule has 0 spiro atoms. The minimum absolute atomic E-state index is 0.306. The zero-order valence-corrected chi connectivity index (χ0v) is 16.4. The second-order valence-corrected chi connectivity index (χ2v) is 8.39. The van der Waals surface area contributed by atoms with Crippen molar-refractivity contribution in [2.75, 3.05) is 5.32 Å². The predicted octanol–water partition coefficient (Wildman–Crippen LogP) is 5.20. The molecule has 0 saturated heterocycles. The lowest BCUT2D eigenvalue weighted by atomic mass is 9.83. The summed E-state index contributed by atoms with van der Waals surface area (Å²) < 4.78 is 2.60. The fourth-order valence-corrected chi connectivity index (χ4v) is 4.98. The smallest absolute Gasteiger partial charge is 0.243 e. The van der Waals surface area contributed by atoms with Gasteiger partial charge in [-0.3, -0.25) is 4.79 Å². The van der Waals surface area contributed by atoms with Crippen molar-refractivity contribution >= 4 is 46.9 Å². The van der Waals surface area contributed by atoms with Crippen LogP contribution >= 0.6 is 35.2 Å². The predicted molar refractivity (Wildman–Crippen MR) is 110 cm³/mol. The molecule has 1 aliphatic rings. The highest BCUT2D eigenvalue weighted by atomic mass is 35.5. The van der Waals surface area contributed by atoms with E-state index < -0.39 is 5.92 Å². The van der Waals surface area contributed by atoms with Crippen molar-refractivity contribution in [1.29, 1.82) is 5.26 Å². The van der Waals surface area contributed by atoms with E-state index in [2.05, 4.69) is 11.4 Å². The second kappa shape index (κ2) is 7.28. The molecule has 4 nitrogen and oxygen atoms in total. The Labute approximate surface area is 170 Å². The van der Waals surface area contributed by atoms with Crippen molar-refractivity contribution in [2.24, 2.45) is 5.92 Å². The van der Waals surface area contributed by atoms with Gasteiger partial charge in [0.05, 0.1) is 17.5 Å². The third-order valence-corrected chi connectivity index (χ3v) is 6.40. The van der Waals surface area contributed by atoms with Gasteiger partial charge in [0.25, 0.3) is 0 Å². The molecule has 0 fully saturated rings. The highest BCUT2D eigenvalue weighted by Crippen LogP contribution is 2.44. The third-order valence-electron chi connectivity index (χ3n) is 4.61. The molecule has 3 aromatic rings. The number of hydrogen-bond acceptors (Lipinski definition) is 4. The van der Waals surface area contributed by atoms with E-state index in [0.29, 0.717) is 21.3 Å². The van der Waals surface area contributed by atoms with Gasteiger partial charge in [-0.15, -0.1) is 11.3 Å². The number of nitrogens with one attached hydrogen (secondary N) is 1. The standard InChI is InChI=1S/C20H14ClN3OS2/c21-14-8-6-13(7-9-14)16-15(10-22)19(25)23-18-17(16)27-20(26)24(18)11-12-4-2-1-3-5-12/h1-9,15-16H,11H2,(H,23,25). The molecular weight excluding hydrogens is 398 g/mol. The molecule has 2 atom stereocenters. The lowest BCUT2D eigenvalue weighted by Gasteiger charge is -2.27. The molecule has 2 unspecified atom stereocenters. The van der Waals surface area contributed by atoms with Gasteiger partial charge in [-0.05, 0) is 35.5 Å². The minimum Gasteiger partial charge on any atom is -0.310 e. The summed E-state index contributed by atoms with van der Waals surface area (Å²) in [6, 6.07) is 19.4. The fraction of sp³-hybridized carbons (Fsp3) is 0.150. The monoisotopic (exact) mass is 411 g/mol. The van der Waals surface area contributed by atoms with Crippen LogP contribution in [0.25, 0.3) is 0 Å². The van der Waals surface area contributed by atoms with Crippen LogP contribution in [0.1, 0.15) is 21.9 Å². The highest BCUT2D eigenvalue weighted by Gasteiger charge is 2.40. The number of carbonyl (C=O) groups excluding carboxylic acids is 1. The van der Waals surface area contributed by atoms with Gasteiger partial charge in [-0.1, -0.05) is 54.1 Å². The summed E-state index contributed by atoms with van der Waals surface area (Å²) in [5, 5.41) is 13.1. The number of nitrogens with zero attached hydrogens (tertiary/aromatic N) is 2. The van der Waals surface area contributed by atoms with Crippen molar-refractivity contribution in [3.63, 3.8) is 0 Å². The number of carbonyl (C=O) groups is 1. The summed E-state index contributed by atoms with van der Waals surface area (Å²) >= 11 is 13.0. The van der Waals surface area contributed by atoms with Crippen molar-refractivity contribution in [2.45, 2.75) is 12.5 Å². The van der Waals surface area contributed by atoms with Gasteiger partial charge in [0.15, 0.2) is 3.95 Å². The maximum Gasteiger partial charge on any atom is 0.243 e. The number of halogens is 1. The largest absolute Gasteiger partial charge is 0.310 e. The molecule has 7 heteroatoms. The Bertz CT molecular complexity index is 1100. The van der Waals surface area contributed by atoms with Gasteiger partial charge in [-0.2, -0.15) is 5.26 Å². The summed E-state index contributed by atoms with van der Waals surface area (Å²) in [7, 11) is 0. The number of rotatable bonds is 3. The van der Waals surface area contributed by atoms with Crippen LogP contribution in [0.2, 0.25) is 5.02 Å². The van der Waals surface area contributed by atoms with Crippen LogP contribution in [0.4, 0.5) is 5.82 Å². The van der Waals surface area contributed by atoms with Gasteiger partial charge in [0.1, 0.15) is 11.7 Å². The first-order valence-corrected chi connectivity index (χ1v) is 9.92. The summed E-state index contributed by atoms with van der Waals surface area (Å²) in [4.78, 5) is 13.6. The van der Waals surface area contributed by atoms with Crippen molar-refractivity contribution < 1.29 is 4.79 Å². The van der Waals surface area contributed by atoms with Crippen LogP contribution in [0.5, 0.6) is 0 Å². The van der Waals surface area contributed by atoms with Gasteiger partial charge >= 0.3 is 0 Å². The molecule has 0 bridgehead atoms. The Hall–Kier alpha value is -2.46. The van der Waals surface area contributed by atoms with Crippen LogP contribution in [0.3, 0.4) is 0 Å². The van der Waals surface area contributed by atoms with Crippen LogP contribution in [0, 0.1) is 21.2 Å². The number of fused-ring (bicyclic) bond motifs is 1. The first-order chi connectivity index (χ1) is 13.1. The number of thiazole rings is 1. The molecule has 1 amide bonds. The molecule has 0 saturated carbocycles. The lowest BCUT2D eigenvalue weighted by Crippen LogP contribution is -2.33. The average molecular weight is 412 g/mol. The third kappa shape index (κ3) is 3.30. The molecule has 134 valence electrons. The first-order valence-electron chi connectivity index (χ1n) is 8.32. The Balaban J connectivity index is 1.84. The topological polar surface area (TPSA) is 57.8 Å². The molecular formula is C20H14ClN3OS2. The first kappa shape index (κ1) is 17.9. The Kier molecular flexibility index (Phi) is 4.83. The summed E-state index contributed by atoms with van der Waals surface area (Å²) in [6.07, 6.45) is 0. The number of benzene rings is 2. The number of hydrogen-bond donors (Lipinski definition) is 1. The summed E-state index contributed by atoms with van der Waals surface area (Å²) in [6.45, 7) is 0.566. The quantitative estimate of drug-likeness (QED) is 0.602. The molecule has 2 heterocycles. The summed E-state index contributed by atoms with van der Waals surface area (Å²) in [5.74, 6) is -0.790. The van der Waals surface area contributed by atoms with Crippen molar-refractivity contribution in [3.8, 4) is 6.07 Å². The normalized spacial score (nSPS) is 18.4. The molecule has 1 aliphatic heterocycles. The molecule has 1 N–H and O–H groups in total. The van der Waals surface area contributed by atoms with Crippen LogP contribution < -0.4 is 5.32 Å². The average Bonchev–Trinajstić information content (AvgIpc) is 2.97. The van der Waals surface area contributed by atoms with Gasteiger partial charge < -0.3 is 9.88 Å². The Morgan fingerprint density at radius 2 is 1.89 bits per heavy atom. The van der Waals surface area contributed by atoms with E-state index in [4.69, 9.17) is 23.8 Å². The van der Waals surface area contributed by atoms with E-state index in [9.17, 15) is 10.1 Å². The molecule has 0 radical (unpaired) electrons. The van der Waals surface area contributed by atoms with Gasteiger partial charge in [0.2, 0.25) is 5.91 Å². The van der Waals surface area contributed by atoms with E-state index in [1.807, 2.05) is 47.0 Å².